The molecule has 8 nitrogen and oxygen atoms in total. The van der Waals surface area contributed by atoms with Crippen LogP contribution >= 0.6 is 0 Å². The summed E-state index contributed by atoms with van der Waals surface area (Å²) in [7, 11) is 3.20. The number of ether oxygens (including phenoxy) is 4. The fourth-order valence-electron chi connectivity index (χ4n) is 4.34. The molecule has 2 N–H and O–H groups in total. The van der Waals surface area contributed by atoms with Crippen molar-refractivity contribution in [3.05, 3.63) is 18.5 Å². The molecule has 8 heteroatoms. The van der Waals surface area contributed by atoms with E-state index in [-0.39, 0.29) is 18.2 Å². The molecule has 0 spiro atoms. The molecular formula is C19H25N3O5. The molecule has 0 amide bonds. The van der Waals surface area contributed by atoms with E-state index in [0.717, 1.165) is 23.9 Å². The highest BCUT2D eigenvalue weighted by molar-refractivity contribution is 5.80. The number of methoxy groups -OCH3 is 2. The van der Waals surface area contributed by atoms with E-state index in [1.807, 2.05) is 16.7 Å². The van der Waals surface area contributed by atoms with Gasteiger partial charge >= 0.3 is 0 Å². The molecule has 0 unspecified atom stereocenters. The van der Waals surface area contributed by atoms with Gasteiger partial charge in [0.05, 0.1) is 50.3 Å². The number of nitrogens with one attached hydrogen (secondary N) is 1. The fourth-order valence-corrected chi connectivity index (χ4v) is 4.34. The molecule has 1 saturated carbocycles. The van der Waals surface area contributed by atoms with Crippen LogP contribution in [0.4, 0.5) is 0 Å². The normalized spacial score (nSPS) is 33.2. The third-order valence-corrected chi connectivity index (χ3v) is 6.07. The fraction of sp³-hybridized carbons (Fsp3) is 0.632. The zero-order chi connectivity index (χ0) is 18.5. The van der Waals surface area contributed by atoms with E-state index in [1.54, 1.807) is 20.5 Å². The smallest absolute Gasteiger partial charge is 0.181 e. The van der Waals surface area contributed by atoms with Gasteiger partial charge in [0.25, 0.3) is 0 Å². The number of aliphatic hydroxyl groups is 1. The molecule has 0 radical (unpaired) electrons. The molecule has 1 aliphatic carbocycles. The maximum absolute atomic E-state index is 11.2. The lowest BCUT2D eigenvalue weighted by Gasteiger charge is -2.42. The van der Waals surface area contributed by atoms with Crippen LogP contribution in [-0.2, 0) is 9.47 Å². The monoisotopic (exact) mass is 375 g/mol. The van der Waals surface area contributed by atoms with Gasteiger partial charge in [-0.3, -0.25) is 0 Å². The third-order valence-electron chi connectivity index (χ3n) is 6.07. The molecular weight excluding hydrogens is 350 g/mol. The number of aromatic nitrogens is 2. The largest absolute Gasteiger partial charge is 0.493 e. The summed E-state index contributed by atoms with van der Waals surface area (Å²) in [6, 6.07) is 3.63. The van der Waals surface area contributed by atoms with E-state index in [4.69, 9.17) is 18.9 Å². The van der Waals surface area contributed by atoms with Crippen molar-refractivity contribution in [1.82, 2.24) is 14.9 Å². The zero-order valence-corrected chi connectivity index (χ0v) is 15.5. The van der Waals surface area contributed by atoms with Crippen LogP contribution in [0.1, 0.15) is 25.3 Å². The number of rotatable bonds is 5. The standard InChI is InChI=1S/C19H25N3O5/c1-24-13-6-11-12(7-14(13)25-2)22(9-20-11)17-18(23)16(21-10-4-3-5-10)15-8-26-19(17)27-15/h6-7,9-10,15-19,21,23H,3-5,8H2,1-2H3/t15-,16-,17-,18+,19-/m1/s1. The molecule has 3 fully saturated rings. The first-order valence-corrected chi connectivity index (χ1v) is 9.49. The van der Waals surface area contributed by atoms with Gasteiger partial charge in [-0.05, 0) is 12.8 Å². The predicted octanol–water partition coefficient (Wildman–Crippen LogP) is 1.22. The molecule has 2 saturated heterocycles. The topological polar surface area (TPSA) is 87.0 Å². The molecule has 146 valence electrons. The molecule has 2 aromatic rings. The second kappa shape index (κ2) is 6.63. The van der Waals surface area contributed by atoms with Gasteiger partial charge in [0.15, 0.2) is 17.8 Å². The van der Waals surface area contributed by atoms with E-state index in [0.29, 0.717) is 24.1 Å². The van der Waals surface area contributed by atoms with Gasteiger partial charge < -0.3 is 33.9 Å². The number of aliphatic hydroxyl groups excluding tert-OH is 1. The molecule has 1 aromatic carbocycles. The minimum absolute atomic E-state index is 0.119. The molecule has 3 aliphatic rings. The second-order valence-corrected chi connectivity index (χ2v) is 7.53. The molecule has 27 heavy (non-hydrogen) atoms. The van der Waals surface area contributed by atoms with Crippen molar-refractivity contribution in [3.8, 4) is 11.5 Å². The van der Waals surface area contributed by atoms with E-state index < -0.39 is 12.4 Å². The van der Waals surface area contributed by atoms with Gasteiger partial charge in [-0.25, -0.2) is 4.98 Å². The molecule has 2 aliphatic heterocycles. The molecule has 5 rings (SSSR count). The quantitative estimate of drug-likeness (QED) is 0.813. The third kappa shape index (κ3) is 2.70. The summed E-state index contributed by atoms with van der Waals surface area (Å²) >= 11 is 0. The minimum atomic E-state index is -0.637. The lowest BCUT2D eigenvalue weighted by Crippen LogP contribution is -2.60. The summed E-state index contributed by atoms with van der Waals surface area (Å²) in [6.45, 7) is 0.492. The summed E-state index contributed by atoms with van der Waals surface area (Å²) in [4.78, 5) is 4.49. The van der Waals surface area contributed by atoms with E-state index in [9.17, 15) is 5.11 Å². The molecule has 2 bridgehead atoms. The van der Waals surface area contributed by atoms with Gasteiger partial charge in [-0.2, -0.15) is 0 Å². The molecule has 3 heterocycles. The van der Waals surface area contributed by atoms with Gasteiger partial charge in [-0.15, -0.1) is 0 Å². The van der Waals surface area contributed by atoms with Crippen LogP contribution in [0.15, 0.2) is 18.5 Å². The molecule has 5 atom stereocenters. The Balaban J connectivity index is 1.52. The van der Waals surface area contributed by atoms with E-state index in [2.05, 4.69) is 10.3 Å². The number of fused-ring (bicyclic) bond motifs is 3. The van der Waals surface area contributed by atoms with Crippen molar-refractivity contribution in [2.24, 2.45) is 0 Å². The van der Waals surface area contributed by atoms with Gasteiger partial charge in [-0.1, -0.05) is 6.42 Å². The minimum Gasteiger partial charge on any atom is -0.493 e. The maximum Gasteiger partial charge on any atom is 0.181 e. The van der Waals surface area contributed by atoms with Crippen molar-refractivity contribution in [1.29, 1.82) is 0 Å². The van der Waals surface area contributed by atoms with Crippen molar-refractivity contribution < 1.29 is 24.1 Å². The van der Waals surface area contributed by atoms with Gasteiger partial charge in [0.1, 0.15) is 12.1 Å². The van der Waals surface area contributed by atoms with Crippen molar-refractivity contribution >= 4 is 11.0 Å². The highest BCUT2D eigenvalue weighted by Crippen LogP contribution is 2.40. The van der Waals surface area contributed by atoms with Crippen molar-refractivity contribution in [3.63, 3.8) is 0 Å². The lowest BCUT2D eigenvalue weighted by atomic mass is 9.89. The highest BCUT2D eigenvalue weighted by atomic mass is 16.7. The summed E-state index contributed by atoms with van der Waals surface area (Å²) in [5.74, 6) is 1.24. The summed E-state index contributed by atoms with van der Waals surface area (Å²) in [5, 5.41) is 14.8. The van der Waals surface area contributed by atoms with Gasteiger partial charge in [0, 0.05) is 18.2 Å². The SMILES string of the molecule is COc1cc2ncn([C@H]3[C@@H]4OC[C@@H](O4)[C@@H](NC4CCC4)[C@@H]3O)c2cc1OC. The second-order valence-electron chi connectivity index (χ2n) is 7.53. The van der Waals surface area contributed by atoms with Crippen LogP contribution in [0.5, 0.6) is 11.5 Å². The first kappa shape index (κ1) is 17.2. The molecule has 1 aromatic heterocycles. The van der Waals surface area contributed by atoms with E-state index >= 15 is 0 Å². The van der Waals surface area contributed by atoms with Crippen LogP contribution in [-0.4, -0.2) is 66.1 Å². The highest BCUT2D eigenvalue weighted by Gasteiger charge is 2.51. The first-order chi connectivity index (χ1) is 13.2. The van der Waals surface area contributed by atoms with Crippen LogP contribution in [0.25, 0.3) is 11.0 Å². The lowest BCUT2D eigenvalue weighted by molar-refractivity contribution is -0.166. The van der Waals surface area contributed by atoms with Crippen LogP contribution < -0.4 is 14.8 Å². The Bertz CT molecular complexity index is 836. The summed E-state index contributed by atoms with van der Waals surface area (Å²) in [6.07, 6.45) is 4.01. The Kier molecular flexibility index (Phi) is 4.23. The Morgan fingerprint density at radius 2 is 2.00 bits per heavy atom. The summed E-state index contributed by atoms with van der Waals surface area (Å²) < 4.78 is 24.7. The van der Waals surface area contributed by atoms with Crippen LogP contribution in [0.3, 0.4) is 0 Å². The number of hydrogen-bond donors (Lipinski definition) is 2. The number of benzene rings is 1. The average molecular weight is 375 g/mol. The van der Waals surface area contributed by atoms with Crippen LogP contribution in [0, 0.1) is 0 Å². The van der Waals surface area contributed by atoms with Crippen molar-refractivity contribution in [2.45, 2.75) is 55.9 Å². The predicted molar refractivity (Wildman–Crippen MR) is 97.1 cm³/mol. The van der Waals surface area contributed by atoms with Crippen molar-refractivity contribution in [2.75, 3.05) is 20.8 Å². The van der Waals surface area contributed by atoms with E-state index in [1.165, 1.54) is 6.42 Å². The number of imidazole rings is 1. The summed E-state index contributed by atoms with van der Waals surface area (Å²) in [5.41, 5.74) is 1.61. The average Bonchev–Trinajstić information content (AvgIpc) is 3.25. The van der Waals surface area contributed by atoms with Crippen LogP contribution in [0.2, 0.25) is 0 Å². The first-order valence-electron chi connectivity index (χ1n) is 9.49. The number of nitrogens with zero attached hydrogens (tertiary/aromatic N) is 2. The zero-order valence-electron chi connectivity index (χ0n) is 15.5. The Labute approximate surface area is 157 Å². The van der Waals surface area contributed by atoms with Gasteiger partial charge in [0.2, 0.25) is 0 Å². The number of hydrogen-bond acceptors (Lipinski definition) is 7. The maximum atomic E-state index is 11.2. The Morgan fingerprint density at radius 1 is 1.22 bits per heavy atom. The Hall–Kier alpha value is -1.87. The Morgan fingerprint density at radius 3 is 2.70 bits per heavy atom.